The van der Waals surface area contributed by atoms with Crippen LogP contribution in [0.15, 0.2) is 12.1 Å². The van der Waals surface area contributed by atoms with E-state index >= 15 is 0 Å². The average Bonchev–Trinajstić information content (AvgIpc) is 2.27. The number of benzene rings is 1. The Morgan fingerprint density at radius 3 is 2.62 bits per heavy atom. The van der Waals surface area contributed by atoms with Crippen molar-refractivity contribution >= 4 is 28.2 Å². The summed E-state index contributed by atoms with van der Waals surface area (Å²) in [5.74, 6) is 0. The molecule has 0 aliphatic heterocycles. The Bertz CT molecular complexity index is 562. The highest BCUT2D eigenvalue weighted by atomic mass is 35.5. The minimum atomic E-state index is 0.669. The first-order valence-electron chi connectivity index (χ1n) is 5.40. The van der Waals surface area contributed by atoms with E-state index in [1.165, 1.54) is 0 Å². The lowest BCUT2D eigenvalue weighted by molar-refractivity contribution is 1.03. The van der Waals surface area contributed by atoms with Gasteiger partial charge in [-0.25, -0.2) is 0 Å². The van der Waals surface area contributed by atoms with Gasteiger partial charge < -0.3 is 5.73 Å². The second kappa shape index (κ2) is 3.95. The fourth-order valence-electron chi connectivity index (χ4n) is 2.02. The lowest BCUT2D eigenvalue weighted by Gasteiger charge is -2.12. The summed E-state index contributed by atoms with van der Waals surface area (Å²) in [4.78, 5) is 4.60. The van der Waals surface area contributed by atoms with Gasteiger partial charge in [-0.15, -0.1) is 0 Å². The molecule has 84 valence electrons. The van der Waals surface area contributed by atoms with Gasteiger partial charge >= 0.3 is 0 Å². The van der Waals surface area contributed by atoms with Crippen LogP contribution in [-0.2, 0) is 6.42 Å². The number of rotatable bonds is 1. The highest BCUT2D eigenvalue weighted by Gasteiger charge is 2.12. The molecule has 0 saturated heterocycles. The summed E-state index contributed by atoms with van der Waals surface area (Å²) in [5.41, 5.74) is 11.0. The summed E-state index contributed by atoms with van der Waals surface area (Å²) >= 11 is 6.16. The number of nitrogens with zero attached hydrogens (tertiary/aromatic N) is 1. The molecule has 0 amide bonds. The van der Waals surface area contributed by atoms with Crippen LogP contribution in [0.5, 0.6) is 0 Å². The third-order valence-corrected chi connectivity index (χ3v) is 3.33. The molecular weight excluding hydrogens is 220 g/mol. The van der Waals surface area contributed by atoms with Gasteiger partial charge in [0.25, 0.3) is 0 Å². The summed E-state index contributed by atoms with van der Waals surface area (Å²) in [6, 6.07) is 3.86. The molecule has 2 nitrogen and oxygen atoms in total. The molecule has 0 bridgehead atoms. The first-order valence-corrected chi connectivity index (χ1v) is 5.77. The highest BCUT2D eigenvalue weighted by molar-refractivity contribution is 6.35. The van der Waals surface area contributed by atoms with E-state index in [-0.39, 0.29) is 0 Å². The smallest absolute Gasteiger partial charge is 0.0915 e. The third-order valence-electron chi connectivity index (χ3n) is 3.02. The molecule has 2 aromatic rings. The van der Waals surface area contributed by atoms with Crippen LogP contribution in [0.2, 0.25) is 5.02 Å². The topological polar surface area (TPSA) is 38.9 Å². The molecule has 3 heteroatoms. The average molecular weight is 235 g/mol. The maximum Gasteiger partial charge on any atom is 0.0915 e. The van der Waals surface area contributed by atoms with Crippen molar-refractivity contribution in [2.24, 2.45) is 0 Å². The Kier molecular flexibility index (Phi) is 2.76. The van der Waals surface area contributed by atoms with Gasteiger partial charge in [-0.2, -0.15) is 0 Å². The molecule has 0 unspecified atom stereocenters. The summed E-state index contributed by atoms with van der Waals surface area (Å²) in [5, 5.41) is 1.66. The Morgan fingerprint density at radius 2 is 2.00 bits per heavy atom. The lowest BCUT2D eigenvalue weighted by atomic mass is 10.0. The summed E-state index contributed by atoms with van der Waals surface area (Å²) in [6.45, 7) is 6.12. The molecule has 2 rings (SSSR count). The predicted octanol–water partition coefficient (Wildman–Crippen LogP) is 3.65. The monoisotopic (exact) mass is 234 g/mol. The van der Waals surface area contributed by atoms with Gasteiger partial charge in [0, 0.05) is 16.8 Å². The number of nitrogen functional groups attached to an aromatic ring is 1. The van der Waals surface area contributed by atoms with E-state index in [0.717, 1.165) is 39.8 Å². The molecule has 0 spiro atoms. The molecule has 16 heavy (non-hydrogen) atoms. The number of hydrogen-bond donors (Lipinski definition) is 1. The maximum atomic E-state index is 6.17. The molecule has 0 saturated carbocycles. The van der Waals surface area contributed by atoms with Crippen LogP contribution in [-0.4, -0.2) is 4.98 Å². The molecule has 0 aliphatic carbocycles. The van der Waals surface area contributed by atoms with Crippen molar-refractivity contribution in [3.05, 3.63) is 34.0 Å². The predicted molar refractivity (Wildman–Crippen MR) is 70.0 cm³/mol. The largest absolute Gasteiger partial charge is 0.398 e. The Labute approximate surface area is 100 Å². The van der Waals surface area contributed by atoms with Crippen LogP contribution in [0.4, 0.5) is 5.69 Å². The van der Waals surface area contributed by atoms with Crippen molar-refractivity contribution in [3.8, 4) is 0 Å². The second-order valence-corrected chi connectivity index (χ2v) is 4.45. The van der Waals surface area contributed by atoms with E-state index in [0.29, 0.717) is 5.02 Å². The molecule has 1 aromatic carbocycles. The molecule has 0 fully saturated rings. The van der Waals surface area contributed by atoms with Crippen LogP contribution in [0.1, 0.15) is 23.7 Å². The molecule has 0 atom stereocenters. The fraction of sp³-hybridized carbons (Fsp3) is 0.308. The van der Waals surface area contributed by atoms with Gasteiger partial charge in [-0.3, -0.25) is 4.98 Å². The number of hydrogen-bond acceptors (Lipinski definition) is 2. The van der Waals surface area contributed by atoms with Gasteiger partial charge in [-0.1, -0.05) is 24.6 Å². The quantitative estimate of drug-likeness (QED) is 0.818. The summed E-state index contributed by atoms with van der Waals surface area (Å²) < 4.78 is 0. The molecule has 1 aromatic heterocycles. The SMILES string of the molecule is CCc1nc2c(Cl)ccc(C)c2c(N)c1C. The number of anilines is 1. The Morgan fingerprint density at radius 1 is 1.31 bits per heavy atom. The number of halogens is 1. The van der Waals surface area contributed by atoms with Crippen LogP contribution >= 0.6 is 11.6 Å². The normalized spacial score (nSPS) is 11.0. The minimum absolute atomic E-state index is 0.669. The van der Waals surface area contributed by atoms with Crippen LogP contribution in [0, 0.1) is 13.8 Å². The van der Waals surface area contributed by atoms with Gasteiger partial charge in [0.15, 0.2) is 0 Å². The van der Waals surface area contributed by atoms with E-state index < -0.39 is 0 Å². The van der Waals surface area contributed by atoms with E-state index in [1.807, 2.05) is 26.0 Å². The Balaban J connectivity index is 2.97. The standard InChI is InChI=1S/C13H15ClN2/c1-4-10-8(3)12(15)11-7(2)5-6-9(14)13(11)16-10/h5-6H,4H2,1-3H3,(H2,15,16). The zero-order chi connectivity index (χ0) is 11.9. The molecule has 0 aliphatic rings. The van der Waals surface area contributed by atoms with Gasteiger partial charge in [0.2, 0.25) is 0 Å². The van der Waals surface area contributed by atoms with Crippen molar-refractivity contribution in [1.82, 2.24) is 4.98 Å². The van der Waals surface area contributed by atoms with Crippen molar-refractivity contribution in [2.45, 2.75) is 27.2 Å². The van der Waals surface area contributed by atoms with E-state index in [1.54, 1.807) is 0 Å². The van der Waals surface area contributed by atoms with Crippen LogP contribution in [0.25, 0.3) is 10.9 Å². The summed E-state index contributed by atoms with van der Waals surface area (Å²) in [6.07, 6.45) is 0.871. The van der Waals surface area contributed by atoms with E-state index in [2.05, 4.69) is 11.9 Å². The van der Waals surface area contributed by atoms with Crippen LogP contribution in [0.3, 0.4) is 0 Å². The fourth-order valence-corrected chi connectivity index (χ4v) is 2.22. The molecule has 2 N–H and O–H groups in total. The lowest BCUT2D eigenvalue weighted by Crippen LogP contribution is -2.01. The molecule has 1 heterocycles. The highest BCUT2D eigenvalue weighted by Crippen LogP contribution is 2.32. The zero-order valence-electron chi connectivity index (χ0n) is 9.76. The van der Waals surface area contributed by atoms with Gasteiger partial charge in [-0.05, 0) is 37.5 Å². The molecular formula is C13H15ClN2. The minimum Gasteiger partial charge on any atom is -0.398 e. The van der Waals surface area contributed by atoms with Crippen molar-refractivity contribution in [1.29, 1.82) is 0 Å². The molecule has 0 radical (unpaired) electrons. The maximum absolute atomic E-state index is 6.17. The van der Waals surface area contributed by atoms with E-state index in [9.17, 15) is 0 Å². The number of fused-ring (bicyclic) bond motifs is 1. The van der Waals surface area contributed by atoms with Gasteiger partial charge in [0.1, 0.15) is 0 Å². The first-order chi connectivity index (χ1) is 7.56. The first kappa shape index (κ1) is 11.2. The van der Waals surface area contributed by atoms with E-state index in [4.69, 9.17) is 17.3 Å². The van der Waals surface area contributed by atoms with Crippen molar-refractivity contribution in [3.63, 3.8) is 0 Å². The number of aromatic nitrogens is 1. The zero-order valence-corrected chi connectivity index (χ0v) is 10.5. The number of nitrogens with two attached hydrogens (primary N) is 1. The summed E-state index contributed by atoms with van der Waals surface area (Å²) in [7, 11) is 0. The second-order valence-electron chi connectivity index (χ2n) is 4.04. The van der Waals surface area contributed by atoms with Crippen LogP contribution < -0.4 is 5.73 Å². The third kappa shape index (κ3) is 1.54. The number of pyridine rings is 1. The number of aryl methyl sites for hydroxylation is 2. The van der Waals surface area contributed by atoms with Crippen molar-refractivity contribution < 1.29 is 0 Å². The van der Waals surface area contributed by atoms with Crippen molar-refractivity contribution in [2.75, 3.05) is 5.73 Å². The Hall–Kier alpha value is -1.28. The van der Waals surface area contributed by atoms with Gasteiger partial charge in [0.05, 0.1) is 10.5 Å².